The Hall–Kier alpha value is -2.00. The van der Waals surface area contributed by atoms with E-state index in [1.165, 1.54) is 11.1 Å². The van der Waals surface area contributed by atoms with Gasteiger partial charge >= 0.3 is 0 Å². The minimum Gasteiger partial charge on any atom is -0.497 e. The number of rotatable bonds is 4. The van der Waals surface area contributed by atoms with Crippen molar-refractivity contribution in [1.29, 1.82) is 0 Å². The molecule has 1 amide bonds. The van der Waals surface area contributed by atoms with Crippen LogP contribution in [0, 0.1) is 5.92 Å². The molecular formula is C21H22ClNO2. The molecule has 1 saturated heterocycles. The molecule has 2 aromatic carbocycles. The Morgan fingerprint density at radius 1 is 1.20 bits per heavy atom. The zero-order chi connectivity index (χ0) is 17.4. The van der Waals surface area contributed by atoms with Crippen molar-refractivity contribution in [2.45, 2.75) is 31.7 Å². The summed E-state index contributed by atoms with van der Waals surface area (Å²) in [4.78, 5) is 15.1. The van der Waals surface area contributed by atoms with E-state index in [1.807, 2.05) is 18.2 Å². The number of hydrogen-bond donors (Lipinski definition) is 0. The Bertz CT molecular complexity index is 804. The maximum absolute atomic E-state index is 13.0. The van der Waals surface area contributed by atoms with Crippen LogP contribution in [0.2, 0.25) is 5.02 Å². The van der Waals surface area contributed by atoms with Crippen LogP contribution in [0.5, 0.6) is 5.75 Å². The lowest BCUT2D eigenvalue weighted by molar-refractivity contribution is -0.133. The van der Waals surface area contributed by atoms with Gasteiger partial charge in [0, 0.05) is 17.5 Å². The molecule has 0 aromatic heterocycles. The van der Waals surface area contributed by atoms with Crippen LogP contribution in [-0.4, -0.2) is 24.5 Å². The van der Waals surface area contributed by atoms with Gasteiger partial charge in [-0.25, -0.2) is 0 Å². The van der Waals surface area contributed by atoms with E-state index in [0.717, 1.165) is 37.1 Å². The van der Waals surface area contributed by atoms with Gasteiger partial charge in [-0.2, -0.15) is 0 Å². The average Bonchev–Trinajstić information content (AvgIpc) is 3.20. The lowest BCUT2D eigenvalue weighted by Crippen LogP contribution is -2.31. The topological polar surface area (TPSA) is 29.5 Å². The number of aryl methyl sites for hydroxylation is 1. The van der Waals surface area contributed by atoms with Crippen molar-refractivity contribution in [3.05, 3.63) is 64.2 Å². The van der Waals surface area contributed by atoms with Gasteiger partial charge in [-0.3, -0.25) is 4.79 Å². The first-order valence-electron chi connectivity index (χ1n) is 8.88. The predicted octanol–water partition coefficient (Wildman–Crippen LogP) is 4.43. The number of fused-ring (bicyclic) bond motifs is 1. The van der Waals surface area contributed by atoms with E-state index in [0.29, 0.717) is 11.4 Å². The molecule has 1 fully saturated rings. The molecule has 2 unspecified atom stereocenters. The Morgan fingerprint density at radius 2 is 2.04 bits per heavy atom. The first-order valence-corrected chi connectivity index (χ1v) is 9.26. The number of hydrogen-bond acceptors (Lipinski definition) is 2. The van der Waals surface area contributed by atoms with Crippen molar-refractivity contribution in [3.63, 3.8) is 0 Å². The van der Waals surface area contributed by atoms with Gasteiger partial charge in [-0.1, -0.05) is 41.9 Å². The van der Waals surface area contributed by atoms with Crippen LogP contribution in [-0.2, 0) is 17.6 Å². The number of methoxy groups -OCH3 is 1. The minimum absolute atomic E-state index is 0.0265. The molecule has 0 bridgehead atoms. The van der Waals surface area contributed by atoms with E-state index in [2.05, 4.69) is 29.2 Å². The summed E-state index contributed by atoms with van der Waals surface area (Å²) < 4.78 is 5.20. The summed E-state index contributed by atoms with van der Waals surface area (Å²) in [6.45, 7) is 0.844. The van der Waals surface area contributed by atoms with E-state index in [-0.39, 0.29) is 17.9 Å². The molecule has 1 aliphatic heterocycles. The van der Waals surface area contributed by atoms with E-state index in [9.17, 15) is 4.79 Å². The Labute approximate surface area is 153 Å². The molecule has 130 valence electrons. The molecule has 25 heavy (non-hydrogen) atoms. The fourth-order valence-corrected chi connectivity index (χ4v) is 4.45. The largest absolute Gasteiger partial charge is 0.497 e. The number of carbonyl (C=O) groups is 1. The molecular weight excluding hydrogens is 334 g/mol. The number of likely N-dealkylation sites (tertiary alicyclic amines) is 1. The van der Waals surface area contributed by atoms with E-state index in [4.69, 9.17) is 16.3 Å². The van der Waals surface area contributed by atoms with Gasteiger partial charge in [-0.05, 0) is 54.5 Å². The van der Waals surface area contributed by atoms with Gasteiger partial charge in [0.2, 0.25) is 5.91 Å². The summed E-state index contributed by atoms with van der Waals surface area (Å²) in [6.07, 6.45) is 3.72. The molecule has 2 aromatic rings. The van der Waals surface area contributed by atoms with Gasteiger partial charge in [0.1, 0.15) is 5.75 Å². The van der Waals surface area contributed by atoms with Crippen molar-refractivity contribution in [3.8, 4) is 5.75 Å². The first kappa shape index (κ1) is 16.5. The van der Waals surface area contributed by atoms with Crippen LogP contribution in [0.1, 0.15) is 35.6 Å². The monoisotopic (exact) mass is 355 g/mol. The second-order valence-corrected chi connectivity index (χ2v) is 7.34. The highest BCUT2D eigenvalue weighted by Gasteiger charge is 2.38. The number of halogens is 1. The van der Waals surface area contributed by atoms with E-state index in [1.54, 1.807) is 7.11 Å². The zero-order valence-electron chi connectivity index (χ0n) is 14.4. The highest BCUT2D eigenvalue weighted by atomic mass is 35.5. The zero-order valence-corrected chi connectivity index (χ0v) is 15.1. The highest BCUT2D eigenvalue weighted by Crippen LogP contribution is 2.39. The number of amides is 1. The van der Waals surface area contributed by atoms with Gasteiger partial charge in [0.05, 0.1) is 13.2 Å². The number of benzene rings is 2. The Morgan fingerprint density at radius 3 is 2.84 bits per heavy atom. The molecule has 1 heterocycles. The fourth-order valence-electron chi connectivity index (χ4n) is 4.21. The van der Waals surface area contributed by atoms with Crippen LogP contribution < -0.4 is 4.74 Å². The van der Waals surface area contributed by atoms with Crippen LogP contribution in [0.3, 0.4) is 0 Å². The van der Waals surface area contributed by atoms with Gasteiger partial charge in [0.25, 0.3) is 0 Å². The molecule has 0 N–H and O–H groups in total. The van der Waals surface area contributed by atoms with E-state index >= 15 is 0 Å². The minimum atomic E-state index is 0.0265. The smallest absolute Gasteiger partial charge is 0.226 e. The second-order valence-electron chi connectivity index (χ2n) is 6.93. The van der Waals surface area contributed by atoms with Crippen LogP contribution in [0.4, 0.5) is 0 Å². The SMILES string of the molecule is COc1ccc(CC2CCN(C3CCc4ccccc43)C2=O)c(Cl)c1. The average molecular weight is 356 g/mol. The lowest BCUT2D eigenvalue weighted by Gasteiger charge is -2.25. The maximum atomic E-state index is 13.0. The van der Waals surface area contributed by atoms with Gasteiger partial charge in [0.15, 0.2) is 0 Å². The normalized spacial score (nSPS) is 22.3. The Balaban J connectivity index is 1.49. The molecule has 0 spiro atoms. The second kappa shape index (κ2) is 6.72. The summed E-state index contributed by atoms with van der Waals surface area (Å²) in [5.41, 5.74) is 3.75. The molecule has 2 atom stereocenters. The summed E-state index contributed by atoms with van der Waals surface area (Å²) in [5.74, 6) is 1.04. The molecule has 3 nitrogen and oxygen atoms in total. The molecule has 4 heteroatoms. The lowest BCUT2D eigenvalue weighted by atomic mass is 9.97. The predicted molar refractivity (Wildman–Crippen MR) is 99.0 cm³/mol. The van der Waals surface area contributed by atoms with Crippen LogP contribution in [0.15, 0.2) is 42.5 Å². The van der Waals surface area contributed by atoms with Crippen LogP contribution >= 0.6 is 11.6 Å². The van der Waals surface area contributed by atoms with Crippen molar-refractivity contribution in [2.75, 3.05) is 13.7 Å². The molecule has 0 radical (unpaired) electrons. The molecule has 2 aliphatic rings. The molecule has 0 saturated carbocycles. The third-order valence-electron chi connectivity index (χ3n) is 5.55. The quantitative estimate of drug-likeness (QED) is 0.812. The Kier molecular flexibility index (Phi) is 4.43. The molecule has 4 rings (SSSR count). The van der Waals surface area contributed by atoms with Crippen LogP contribution in [0.25, 0.3) is 0 Å². The third-order valence-corrected chi connectivity index (χ3v) is 5.91. The number of ether oxygens (including phenoxy) is 1. The standard InChI is InChI=1S/C21H22ClNO2/c1-25-17-8-6-15(19(22)13-17)12-16-10-11-23(21(16)24)20-9-7-14-4-2-3-5-18(14)20/h2-6,8,13,16,20H,7,9-12H2,1H3. The van der Waals surface area contributed by atoms with Crippen molar-refractivity contribution in [2.24, 2.45) is 5.92 Å². The fraction of sp³-hybridized carbons (Fsp3) is 0.381. The summed E-state index contributed by atoms with van der Waals surface area (Å²) >= 11 is 6.36. The van der Waals surface area contributed by atoms with Gasteiger partial charge < -0.3 is 9.64 Å². The summed E-state index contributed by atoms with van der Waals surface area (Å²) in [6, 6.07) is 14.5. The summed E-state index contributed by atoms with van der Waals surface area (Å²) in [7, 11) is 1.63. The van der Waals surface area contributed by atoms with Crippen molar-refractivity contribution >= 4 is 17.5 Å². The number of carbonyl (C=O) groups excluding carboxylic acids is 1. The van der Waals surface area contributed by atoms with Gasteiger partial charge in [-0.15, -0.1) is 0 Å². The number of nitrogens with zero attached hydrogens (tertiary/aromatic N) is 1. The highest BCUT2D eigenvalue weighted by molar-refractivity contribution is 6.31. The first-order chi connectivity index (χ1) is 12.2. The summed E-state index contributed by atoms with van der Waals surface area (Å²) in [5, 5.41) is 0.678. The maximum Gasteiger partial charge on any atom is 0.226 e. The van der Waals surface area contributed by atoms with E-state index < -0.39 is 0 Å². The van der Waals surface area contributed by atoms with Crippen molar-refractivity contribution in [1.82, 2.24) is 4.90 Å². The van der Waals surface area contributed by atoms with Crippen molar-refractivity contribution < 1.29 is 9.53 Å². The third kappa shape index (κ3) is 3.02. The molecule has 1 aliphatic carbocycles.